The predicted octanol–water partition coefficient (Wildman–Crippen LogP) is 2.27. The third-order valence-corrected chi connectivity index (χ3v) is 5.46. The van der Waals surface area contributed by atoms with Crippen LogP contribution in [0.1, 0.15) is 37.0 Å². The number of ether oxygens (including phenoxy) is 1. The number of benzene rings is 1. The molecule has 7 nitrogen and oxygen atoms in total. The second-order valence-electron chi connectivity index (χ2n) is 5.44. The summed E-state index contributed by atoms with van der Waals surface area (Å²) in [6, 6.07) is 3.74. The molecule has 0 saturated heterocycles. The molecular weight excluding hydrogens is 380 g/mol. The lowest BCUT2D eigenvalue weighted by molar-refractivity contribution is -0.125. The fourth-order valence-electron chi connectivity index (χ4n) is 2.06. The third-order valence-electron chi connectivity index (χ3n) is 3.56. The van der Waals surface area contributed by atoms with Crippen molar-refractivity contribution in [3.8, 4) is 0 Å². The van der Waals surface area contributed by atoms with E-state index in [0.717, 1.165) is 18.9 Å². The molecule has 0 saturated carbocycles. The van der Waals surface area contributed by atoms with Crippen LogP contribution in [-0.2, 0) is 19.6 Å². The number of esters is 1. The Morgan fingerprint density at radius 2 is 1.96 bits per heavy atom. The summed E-state index contributed by atoms with van der Waals surface area (Å²) >= 11 is 5.92. The Balaban J connectivity index is 2.83. The summed E-state index contributed by atoms with van der Waals surface area (Å²) in [4.78, 5) is 23.6. The van der Waals surface area contributed by atoms with Gasteiger partial charge in [-0.25, -0.2) is 17.9 Å². The highest BCUT2D eigenvalue weighted by molar-refractivity contribution is 7.89. The quantitative estimate of drug-likeness (QED) is 0.461. The first-order chi connectivity index (χ1) is 12.2. The highest BCUT2D eigenvalue weighted by atomic mass is 35.5. The van der Waals surface area contributed by atoms with Gasteiger partial charge in [0.1, 0.15) is 4.90 Å². The first-order valence-electron chi connectivity index (χ1n) is 8.11. The fourth-order valence-corrected chi connectivity index (χ4v) is 3.58. The molecule has 1 aromatic rings. The zero-order valence-corrected chi connectivity index (χ0v) is 16.3. The standard InChI is InChI=1S/C17H23ClN2O5S/c1-4-9-19-26(23,24)15-10-12(7-8-14(15)18)17(22)25-11-16(21)20-13(5-2)6-3/h4,7-8,10,13,19H,1,5-6,9,11H2,2-3H3,(H,20,21). The maximum absolute atomic E-state index is 12.2. The predicted molar refractivity (Wildman–Crippen MR) is 99.6 cm³/mol. The maximum Gasteiger partial charge on any atom is 0.338 e. The Hall–Kier alpha value is -1.90. The van der Waals surface area contributed by atoms with Crippen molar-refractivity contribution >= 4 is 33.5 Å². The molecule has 0 fully saturated rings. The zero-order valence-electron chi connectivity index (χ0n) is 14.7. The van der Waals surface area contributed by atoms with Crippen LogP contribution in [-0.4, -0.2) is 39.5 Å². The summed E-state index contributed by atoms with van der Waals surface area (Å²) in [6.45, 7) is 6.88. The number of halogens is 1. The number of rotatable bonds is 10. The molecule has 26 heavy (non-hydrogen) atoms. The molecule has 1 amide bonds. The number of carbonyl (C=O) groups excluding carboxylic acids is 2. The molecular formula is C17H23ClN2O5S. The molecule has 0 aliphatic heterocycles. The van der Waals surface area contributed by atoms with Gasteiger partial charge in [-0.15, -0.1) is 6.58 Å². The van der Waals surface area contributed by atoms with Crippen molar-refractivity contribution in [1.29, 1.82) is 0 Å². The number of hydrogen-bond donors (Lipinski definition) is 2. The summed E-state index contributed by atoms with van der Waals surface area (Å²) in [6.07, 6.45) is 2.92. The van der Waals surface area contributed by atoms with Gasteiger partial charge in [0.2, 0.25) is 10.0 Å². The first kappa shape index (κ1) is 22.1. The van der Waals surface area contributed by atoms with Gasteiger partial charge in [-0.05, 0) is 31.0 Å². The fraction of sp³-hybridized carbons (Fsp3) is 0.412. The van der Waals surface area contributed by atoms with Gasteiger partial charge in [-0.3, -0.25) is 4.79 Å². The molecule has 0 aromatic heterocycles. The van der Waals surface area contributed by atoms with E-state index in [4.69, 9.17) is 16.3 Å². The molecule has 0 heterocycles. The van der Waals surface area contributed by atoms with Gasteiger partial charge >= 0.3 is 5.97 Å². The zero-order chi connectivity index (χ0) is 19.7. The van der Waals surface area contributed by atoms with E-state index < -0.39 is 28.5 Å². The van der Waals surface area contributed by atoms with Crippen molar-refractivity contribution in [3.05, 3.63) is 41.4 Å². The van der Waals surface area contributed by atoms with Gasteiger partial charge < -0.3 is 10.1 Å². The van der Waals surface area contributed by atoms with Crippen LogP contribution in [0.25, 0.3) is 0 Å². The molecule has 2 N–H and O–H groups in total. The molecule has 0 bridgehead atoms. The molecule has 0 atom stereocenters. The average molecular weight is 403 g/mol. The van der Waals surface area contributed by atoms with E-state index in [1.165, 1.54) is 18.2 Å². The van der Waals surface area contributed by atoms with Crippen LogP contribution in [0.2, 0.25) is 5.02 Å². The van der Waals surface area contributed by atoms with Crippen molar-refractivity contribution in [2.45, 2.75) is 37.6 Å². The van der Waals surface area contributed by atoms with E-state index in [1.807, 2.05) is 13.8 Å². The van der Waals surface area contributed by atoms with E-state index in [2.05, 4.69) is 16.6 Å². The molecule has 0 spiro atoms. The Morgan fingerprint density at radius 3 is 2.54 bits per heavy atom. The van der Waals surface area contributed by atoms with Crippen LogP contribution in [0.5, 0.6) is 0 Å². The Kier molecular flexibility index (Phi) is 8.77. The van der Waals surface area contributed by atoms with Crippen molar-refractivity contribution < 1.29 is 22.7 Å². The molecule has 1 rings (SSSR count). The molecule has 0 unspecified atom stereocenters. The smallest absolute Gasteiger partial charge is 0.338 e. The second-order valence-corrected chi connectivity index (χ2v) is 7.59. The molecule has 0 radical (unpaired) electrons. The van der Waals surface area contributed by atoms with E-state index in [9.17, 15) is 18.0 Å². The highest BCUT2D eigenvalue weighted by Crippen LogP contribution is 2.23. The summed E-state index contributed by atoms with van der Waals surface area (Å²) in [5.41, 5.74) is -0.0243. The van der Waals surface area contributed by atoms with Crippen molar-refractivity contribution in [1.82, 2.24) is 10.0 Å². The van der Waals surface area contributed by atoms with Gasteiger partial charge in [-0.2, -0.15) is 0 Å². The second kappa shape index (κ2) is 10.3. The number of nitrogens with one attached hydrogen (secondary N) is 2. The summed E-state index contributed by atoms with van der Waals surface area (Å²) < 4.78 is 31.6. The van der Waals surface area contributed by atoms with Crippen LogP contribution in [0.4, 0.5) is 0 Å². The Bertz CT molecular complexity index is 760. The minimum Gasteiger partial charge on any atom is -0.452 e. The monoisotopic (exact) mass is 402 g/mol. The van der Waals surface area contributed by atoms with Gasteiger partial charge in [0.05, 0.1) is 10.6 Å². The van der Waals surface area contributed by atoms with Crippen LogP contribution < -0.4 is 10.0 Å². The Labute approximate surface area is 158 Å². The lowest BCUT2D eigenvalue weighted by atomic mass is 10.2. The van der Waals surface area contributed by atoms with Gasteiger partial charge in [0, 0.05) is 12.6 Å². The number of carbonyl (C=O) groups is 2. The third kappa shape index (κ3) is 6.44. The molecule has 9 heteroatoms. The molecule has 0 aliphatic rings. The van der Waals surface area contributed by atoms with Gasteiger partial charge in [0.15, 0.2) is 6.61 Å². The van der Waals surface area contributed by atoms with Crippen LogP contribution >= 0.6 is 11.6 Å². The molecule has 144 valence electrons. The minimum absolute atomic E-state index is 0.0174. The molecule has 1 aromatic carbocycles. The number of sulfonamides is 1. The summed E-state index contributed by atoms with van der Waals surface area (Å²) in [7, 11) is -3.90. The highest BCUT2D eigenvalue weighted by Gasteiger charge is 2.20. The van der Waals surface area contributed by atoms with Crippen LogP contribution in [0, 0.1) is 0 Å². The number of amides is 1. The van der Waals surface area contributed by atoms with E-state index in [1.54, 1.807) is 0 Å². The van der Waals surface area contributed by atoms with Gasteiger partial charge in [-0.1, -0.05) is 31.5 Å². The number of hydrogen-bond acceptors (Lipinski definition) is 5. The van der Waals surface area contributed by atoms with Gasteiger partial charge in [0.25, 0.3) is 5.91 Å². The van der Waals surface area contributed by atoms with Crippen LogP contribution in [0.15, 0.2) is 35.7 Å². The molecule has 0 aliphatic carbocycles. The van der Waals surface area contributed by atoms with E-state index in [0.29, 0.717) is 0 Å². The van der Waals surface area contributed by atoms with Crippen molar-refractivity contribution in [3.63, 3.8) is 0 Å². The normalized spacial score (nSPS) is 11.2. The van der Waals surface area contributed by atoms with Crippen molar-refractivity contribution in [2.24, 2.45) is 0 Å². The lowest BCUT2D eigenvalue weighted by Crippen LogP contribution is -2.36. The van der Waals surface area contributed by atoms with E-state index >= 15 is 0 Å². The SMILES string of the molecule is C=CCNS(=O)(=O)c1cc(C(=O)OCC(=O)NC(CC)CC)ccc1Cl. The lowest BCUT2D eigenvalue weighted by Gasteiger charge is -2.14. The average Bonchev–Trinajstić information content (AvgIpc) is 2.62. The van der Waals surface area contributed by atoms with Crippen molar-refractivity contribution in [2.75, 3.05) is 13.2 Å². The Morgan fingerprint density at radius 1 is 1.31 bits per heavy atom. The maximum atomic E-state index is 12.2. The first-order valence-corrected chi connectivity index (χ1v) is 9.97. The largest absolute Gasteiger partial charge is 0.452 e. The van der Waals surface area contributed by atoms with E-state index in [-0.39, 0.29) is 28.1 Å². The summed E-state index contributed by atoms with van der Waals surface area (Å²) in [5, 5.41) is 2.70. The summed E-state index contributed by atoms with van der Waals surface area (Å²) in [5.74, 6) is -1.23. The van der Waals surface area contributed by atoms with Crippen LogP contribution in [0.3, 0.4) is 0 Å². The topological polar surface area (TPSA) is 102 Å². The minimum atomic E-state index is -3.90.